The molecular formula is C25H22FN5O6. The van der Waals surface area contributed by atoms with Crippen LogP contribution in [-0.4, -0.2) is 28.6 Å². The van der Waals surface area contributed by atoms with E-state index in [0.717, 1.165) is 11.6 Å². The van der Waals surface area contributed by atoms with E-state index in [1.165, 1.54) is 25.3 Å². The Balaban J connectivity index is 1.58. The summed E-state index contributed by atoms with van der Waals surface area (Å²) in [5, 5.41) is 2.42. The Bertz CT molecular complexity index is 1540. The van der Waals surface area contributed by atoms with Crippen molar-refractivity contribution < 1.29 is 28.3 Å². The lowest BCUT2D eigenvalue weighted by Crippen LogP contribution is -2.38. The molecule has 0 unspecified atom stereocenters. The van der Waals surface area contributed by atoms with Gasteiger partial charge in [-0.2, -0.15) is 5.90 Å². The Labute approximate surface area is 209 Å². The summed E-state index contributed by atoms with van der Waals surface area (Å²) in [6.45, 7) is -0.00964. The monoisotopic (exact) mass is 507 g/mol. The fourth-order valence-corrected chi connectivity index (χ4v) is 3.54. The number of rotatable bonds is 8. The molecule has 0 atom stereocenters. The summed E-state index contributed by atoms with van der Waals surface area (Å²) in [4.78, 5) is 45.6. The molecule has 12 heteroatoms. The van der Waals surface area contributed by atoms with Gasteiger partial charge >= 0.3 is 5.97 Å². The molecule has 3 aromatic carbocycles. The second-order valence-corrected chi connectivity index (χ2v) is 7.81. The van der Waals surface area contributed by atoms with Gasteiger partial charge in [-0.3, -0.25) is 9.59 Å². The number of hydrogen-bond donors (Lipinski definition) is 3. The lowest BCUT2D eigenvalue weighted by atomic mass is 10.1. The van der Waals surface area contributed by atoms with Crippen molar-refractivity contribution in [3.63, 3.8) is 0 Å². The number of aromatic nitrogens is 2. The van der Waals surface area contributed by atoms with E-state index in [-0.39, 0.29) is 41.2 Å². The van der Waals surface area contributed by atoms with Gasteiger partial charge in [0, 0.05) is 6.54 Å². The van der Waals surface area contributed by atoms with Crippen LogP contribution in [0, 0.1) is 5.82 Å². The Morgan fingerprint density at radius 2 is 1.84 bits per heavy atom. The first-order valence-electron chi connectivity index (χ1n) is 10.9. The molecule has 1 heterocycles. The van der Waals surface area contributed by atoms with E-state index in [2.05, 4.69) is 15.1 Å². The summed E-state index contributed by atoms with van der Waals surface area (Å²) in [5.41, 5.74) is 0.697. The molecule has 0 aliphatic carbocycles. The van der Waals surface area contributed by atoms with Crippen molar-refractivity contribution in [3.8, 4) is 11.5 Å². The number of halogens is 1. The fourth-order valence-electron chi connectivity index (χ4n) is 3.54. The molecule has 0 saturated carbocycles. The molecule has 0 saturated heterocycles. The standard InChI is InChI=1S/C25H22FN5O6/c1-35-17-4-2-3-15(11-17)12-29-23(32)22-30-19-10-9-18(26)21(20(19)24(33)31(22)27)36-13-14-5-7-16(8-6-14)25(34)37-28/h2-11H,12-13,27-28H2,1H3,(H,29,32). The van der Waals surface area contributed by atoms with Crippen molar-refractivity contribution in [1.82, 2.24) is 15.0 Å². The molecule has 11 nitrogen and oxygen atoms in total. The maximum atomic E-state index is 14.7. The molecule has 5 N–H and O–H groups in total. The van der Waals surface area contributed by atoms with Crippen LogP contribution in [0.5, 0.6) is 11.5 Å². The fraction of sp³-hybridized carbons (Fsp3) is 0.120. The highest BCUT2D eigenvalue weighted by Crippen LogP contribution is 2.26. The van der Waals surface area contributed by atoms with E-state index in [4.69, 9.17) is 21.2 Å². The largest absolute Gasteiger partial charge is 0.497 e. The third-order valence-corrected chi connectivity index (χ3v) is 5.45. The van der Waals surface area contributed by atoms with Crippen molar-refractivity contribution in [1.29, 1.82) is 0 Å². The van der Waals surface area contributed by atoms with Crippen molar-refractivity contribution in [2.24, 2.45) is 5.90 Å². The smallest absolute Gasteiger partial charge is 0.356 e. The minimum Gasteiger partial charge on any atom is -0.497 e. The van der Waals surface area contributed by atoms with Crippen LogP contribution in [0.3, 0.4) is 0 Å². The number of nitrogens with one attached hydrogen (secondary N) is 1. The molecule has 37 heavy (non-hydrogen) atoms. The number of ether oxygens (including phenoxy) is 2. The average molecular weight is 507 g/mol. The first-order chi connectivity index (χ1) is 17.8. The molecule has 4 aromatic rings. The summed E-state index contributed by atoms with van der Waals surface area (Å²) in [6, 6.07) is 15.4. The minimum atomic E-state index is -0.868. The van der Waals surface area contributed by atoms with Crippen molar-refractivity contribution >= 4 is 22.8 Å². The van der Waals surface area contributed by atoms with E-state index in [1.807, 2.05) is 0 Å². The number of hydrogen-bond acceptors (Lipinski definition) is 9. The van der Waals surface area contributed by atoms with Gasteiger partial charge in [-0.05, 0) is 47.5 Å². The normalized spacial score (nSPS) is 10.7. The number of methoxy groups -OCH3 is 1. The molecule has 0 spiro atoms. The van der Waals surface area contributed by atoms with Gasteiger partial charge in [-0.1, -0.05) is 24.3 Å². The SMILES string of the molecule is COc1cccc(CNC(=O)c2nc3ccc(F)c(OCc4ccc(C(=O)ON)cc4)c3c(=O)n2N)c1. The molecule has 190 valence electrons. The Hall–Kier alpha value is -4.97. The number of carbonyl (C=O) groups is 2. The predicted molar refractivity (Wildman–Crippen MR) is 131 cm³/mol. The summed E-state index contributed by atoms with van der Waals surface area (Å²) in [6.07, 6.45) is 0. The molecular weight excluding hydrogens is 485 g/mol. The van der Waals surface area contributed by atoms with Crippen LogP contribution >= 0.6 is 0 Å². The predicted octanol–water partition coefficient (Wildman–Crippen LogP) is 1.80. The Morgan fingerprint density at radius 1 is 1.08 bits per heavy atom. The molecule has 1 amide bonds. The van der Waals surface area contributed by atoms with Gasteiger partial charge in [0.1, 0.15) is 17.7 Å². The van der Waals surface area contributed by atoms with E-state index in [9.17, 15) is 18.8 Å². The van der Waals surface area contributed by atoms with E-state index in [1.54, 1.807) is 36.4 Å². The zero-order chi connectivity index (χ0) is 26.5. The van der Waals surface area contributed by atoms with Crippen LogP contribution in [0.15, 0.2) is 65.5 Å². The van der Waals surface area contributed by atoms with Crippen LogP contribution in [0.4, 0.5) is 4.39 Å². The highest BCUT2D eigenvalue weighted by atomic mass is 19.1. The van der Waals surface area contributed by atoms with Gasteiger partial charge in [0.05, 0.1) is 18.2 Å². The third-order valence-electron chi connectivity index (χ3n) is 5.45. The zero-order valence-electron chi connectivity index (χ0n) is 19.6. The first kappa shape index (κ1) is 25.1. The van der Waals surface area contributed by atoms with Crippen molar-refractivity contribution in [2.45, 2.75) is 13.2 Å². The number of nitrogens with two attached hydrogens (primary N) is 2. The van der Waals surface area contributed by atoms with Crippen LogP contribution in [0.25, 0.3) is 10.9 Å². The number of amides is 1. The Kier molecular flexibility index (Phi) is 7.30. The van der Waals surface area contributed by atoms with Crippen LogP contribution in [0.2, 0.25) is 0 Å². The van der Waals surface area contributed by atoms with Gasteiger partial charge in [-0.25, -0.2) is 18.8 Å². The summed E-state index contributed by atoms with van der Waals surface area (Å²) >= 11 is 0. The van der Waals surface area contributed by atoms with Gasteiger partial charge in [0.15, 0.2) is 11.6 Å². The van der Waals surface area contributed by atoms with Gasteiger partial charge in [0.25, 0.3) is 11.5 Å². The van der Waals surface area contributed by atoms with Crippen molar-refractivity contribution in [3.05, 3.63) is 99.3 Å². The average Bonchev–Trinajstić information content (AvgIpc) is 2.93. The third kappa shape index (κ3) is 5.33. The van der Waals surface area contributed by atoms with Gasteiger partial charge < -0.3 is 25.5 Å². The molecule has 0 fully saturated rings. The first-order valence-corrected chi connectivity index (χ1v) is 10.9. The van der Waals surface area contributed by atoms with E-state index < -0.39 is 23.3 Å². The number of fused-ring (bicyclic) bond motifs is 1. The van der Waals surface area contributed by atoms with Crippen LogP contribution in [0.1, 0.15) is 32.1 Å². The van der Waals surface area contributed by atoms with Crippen molar-refractivity contribution in [2.75, 3.05) is 13.0 Å². The molecule has 0 bridgehead atoms. The number of nitrogen functional groups attached to an aromatic ring is 1. The number of carbonyl (C=O) groups excluding carboxylic acids is 2. The lowest BCUT2D eigenvalue weighted by molar-refractivity contribution is 0.0503. The van der Waals surface area contributed by atoms with E-state index >= 15 is 0 Å². The minimum absolute atomic E-state index is 0.0238. The lowest BCUT2D eigenvalue weighted by Gasteiger charge is -2.13. The maximum Gasteiger partial charge on any atom is 0.356 e. The quantitative estimate of drug-likeness (QED) is 0.239. The summed E-state index contributed by atoms with van der Waals surface area (Å²) in [5.74, 6) is 8.39. The van der Waals surface area contributed by atoms with Gasteiger partial charge in [0.2, 0.25) is 5.82 Å². The number of benzene rings is 3. The van der Waals surface area contributed by atoms with Gasteiger partial charge in [-0.15, -0.1) is 0 Å². The van der Waals surface area contributed by atoms with E-state index in [0.29, 0.717) is 16.0 Å². The number of nitrogens with zero attached hydrogens (tertiary/aromatic N) is 2. The summed E-state index contributed by atoms with van der Waals surface area (Å²) < 4.78 is 26.0. The topological polar surface area (TPSA) is 161 Å². The van der Waals surface area contributed by atoms with Crippen LogP contribution in [-0.2, 0) is 18.0 Å². The second kappa shape index (κ2) is 10.7. The Morgan fingerprint density at radius 3 is 2.54 bits per heavy atom. The van der Waals surface area contributed by atoms with Crippen LogP contribution < -0.4 is 32.1 Å². The molecule has 4 rings (SSSR count). The molecule has 0 aliphatic heterocycles. The molecule has 1 aromatic heterocycles. The summed E-state index contributed by atoms with van der Waals surface area (Å²) in [7, 11) is 1.53. The zero-order valence-corrected chi connectivity index (χ0v) is 19.6. The highest BCUT2D eigenvalue weighted by Gasteiger charge is 2.21. The second-order valence-electron chi connectivity index (χ2n) is 7.81. The molecule has 0 aliphatic rings. The highest BCUT2D eigenvalue weighted by molar-refractivity contribution is 5.94. The molecule has 0 radical (unpaired) electrons. The maximum absolute atomic E-state index is 14.7.